The van der Waals surface area contributed by atoms with Crippen molar-refractivity contribution in [2.24, 2.45) is 0 Å². The monoisotopic (exact) mass is 443 g/mol. The van der Waals surface area contributed by atoms with Crippen LogP contribution in [0.4, 0.5) is 0 Å². The average Bonchev–Trinajstić information content (AvgIpc) is 2.86. The lowest BCUT2D eigenvalue weighted by Crippen LogP contribution is -2.74. The van der Waals surface area contributed by atoms with Gasteiger partial charge in [0.05, 0.1) is 0 Å². The molecule has 5 rings (SSSR count). The summed E-state index contributed by atoms with van der Waals surface area (Å²) in [6.07, 6.45) is 0. The normalized spacial score (nSPS) is 11.3. The van der Waals surface area contributed by atoms with Crippen molar-refractivity contribution in [3.8, 4) is 11.4 Å². The quantitative estimate of drug-likeness (QED) is 0.308. The molecule has 33 heavy (non-hydrogen) atoms. The van der Waals surface area contributed by atoms with Gasteiger partial charge in [-0.05, 0) is 34.6 Å². The van der Waals surface area contributed by atoms with Crippen LogP contribution in [0.1, 0.15) is 11.6 Å². The third-order valence-electron chi connectivity index (χ3n) is 6.03. The molecule has 0 unspecified atom stereocenters. The molecule has 0 saturated heterocycles. The highest BCUT2D eigenvalue weighted by Crippen LogP contribution is 2.16. The lowest BCUT2D eigenvalue weighted by atomic mass is 10.2. The number of aromatic nitrogens is 3. The topological polar surface area (TPSA) is 38.7 Å². The van der Waals surface area contributed by atoms with Gasteiger partial charge in [-0.1, -0.05) is 115 Å². The summed E-state index contributed by atoms with van der Waals surface area (Å²) in [6.45, 7) is 3.83. The van der Waals surface area contributed by atoms with Gasteiger partial charge in [0, 0.05) is 5.56 Å². The largest absolute Gasteiger partial charge is 0.219 e. The minimum Gasteiger partial charge on any atom is -0.219 e. The molecule has 1 heterocycles. The summed E-state index contributed by atoms with van der Waals surface area (Å²) in [5.74, 6) is 2.19. The van der Waals surface area contributed by atoms with Gasteiger partial charge < -0.3 is 0 Å². The van der Waals surface area contributed by atoms with Gasteiger partial charge in [0.2, 0.25) is 0 Å². The van der Waals surface area contributed by atoms with Crippen molar-refractivity contribution >= 4 is 28.8 Å². The molecule has 4 aromatic carbocycles. The zero-order valence-electron chi connectivity index (χ0n) is 18.8. The number of aryl methyl sites for hydroxylation is 2. The van der Waals surface area contributed by atoms with Crippen LogP contribution in [0.2, 0.25) is 0 Å². The Morgan fingerprint density at radius 1 is 0.455 bits per heavy atom. The molecule has 3 nitrogen and oxygen atoms in total. The van der Waals surface area contributed by atoms with Gasteiger partial charge in [-0.15, -0.1) is 0 Å². The first-order valence-electron chi connectivity index (χ1n) is 11.1. The Labute approximate surface area is 195 Å². The molecule has 0 atom stereocenters. The molecular weight excluding hydrogens is 418 g/mol. The van der Waals surface area contributed by atoms with Crippen LogP contribution in [-0.2, 0) is 0 Å². The van der Waals surface area contributed by atoms with E-state index < -0.39 is 8.07 Å². The van der Waals surface area contributed by atoms with Crippen molar-refractivity contribution in [3.63, 3.8) is 0 Å². The molecule has 0 bridgehead atoms. The highest BCUT2D eigenvalue weighted by Gasteiger charge is 2.41. The maximum absolute atomic E-state index is 4.64. The summed E-state index contributed by atoms with van der Waals surface area (Å²) in [4.78, 5) is 13.6. The Hall–Kier alpha value is -3.89. The number of benzene rings is 4. The average molecular weight is 444 g/mol. The van der Waals surface area contributed by atoms with E-state index in [4.69, 9.17) is 0 Å². The van der Waals surface area contributed by atoms with Crippen LogP contribution in [0.15, 0.2) is 115 Å². The number of hydrogen-bond acceptors (Lipinski definition) is 3. The van der Waals surface area contributed by atoms with Crippen molar-refractivity contribution in [1.82, 2.24) is 15.0 Å². The predicted molar refractivity (Wildman–Crippen MR) is 138 cm³/mol. The van der Waals surface area contributed by atoms with Gasteiger partial charge in [-0.3, -0.25) is 0 Å². The molecule has 0 aliphatic carbocycles. The fourth-order valence-corrected chi connectivity index (χ4v) is 9.50. The van der Waals surface area contributed by atoms with Crippen LogP contribution < -0.4 is 20.7 Å². The van der Waals surface area contributed by atoms with Gasteiger partial charge in [-0.2, -0.15) is 0 Å². The fraction of sp³-hybridized carbons (Fsp3) is 0.0690. The van der Waals surface area contributed by atoms with Crippen LogP contribution in [0, 0.1) is 13.8 Å². The van der Waals surface area contributed by atoms with Crippen molar-refractivity contribution in [2.45, 2.75) is 13.8 Å². The summed E-state index contributed by atoms with van der Waals surface area (Å²) >= 11 is 0. The molecule has 0 aliphatic rings. The molecule has 4 heteroatoms. The van der Waals surface area contributed by atoms with Crippen LogP contribution in [0.5, 0.6) is 0 Å². The molecule has 0 radical (unpaired) electrons. The summed E-state index contributed by atoms with van der Waals surface area (Å²) in [5, 5.41) is 5.35. The second-order valence-electron chi connectivity index (χ2n) is 8.18. The number of hydrogen-bond donors (Lipinski definition) is 0. The minimum atomic E-state index is -2.56. The van der Waals surface area contributed by atoms with Gasteiger partial charge >= 0.3 is 0 Å². The Balaban J connectivity index is 1.84. The van der Waals surface area contributed by atoms with Crippen molar-refractivity contribution in [3.05, 3.63) is 127 Å². The highest BCUT2D eigenvalue weighted by atomic mass is 28.3. The summed E-state index contributed by atoms with van der Waals surface area (Å²) in [5.41, 5.74) is 1.01. The highest BCUT2D eigenvalue weighted by molar-refractivity contribution is 7.19. The standard InChI is InChI=1S/C29H25N3Si/c1-22-30-23(2)32-29(31-22)24-13-12-20-28(21-24)33(25-14-6-3-7-15-25,26-16-8-4-9-17-26)27-18-10-5-11-19-27/h3-21H,1-2H3. The third kappa shape index (κ3) is 3.90. The van der Waals surface area contributed by atoms with Crippen LogP contribution in [-0.4, -0.2) is 23.0 Å². The van der Waals surface area contributed by atoms with Gasteiger partial charge in [0.25, 0.3) is 0 Å². The predicted octanol–water partition coefficient (Wildman–Crippen LogP) is 3.53. The van der Waals surface area contributed by atoms with Crippen molar-refractivity contribution in [1.29, 1.82) is 0 Å². The van der Waals surface area contributed by atoms with E-state index in [1.165, 1.54) is 20.7 Å². The SMILES string of the molecule is Cc1nc(C)nc(-c2cccc([Si](c3ccccc3)(c3ccccc3)c3ccccc3)c2)n1. The summed E-state index contributed by atoms with van der Waals surface area (Å²) in [6, 6.07) is 41.6. The molecule has 0 fully saturated rings. The van der Waals surface area contributed by atoms with Crippen molar-refractivity contribution in [2.75, 3.05) is 0 Å². The Morgan fingerprint density at radius 3 is 1.33 bits per heavy atom. The lowest BCUT2D eigenvalue weighted by molar-refractivity contribution is 0.929. The fourth-order valence-electron chi connectivity index (χ4n) is 4.70. The van der Waals surface area contributed by atoms with E-state index in [0.717, 1.165) is 23.0 Å². The first-order chi connectivity index (χ1) is 16.2. The smallest absolute Gasteiger partial charge is 0.179 e. The van der Waals surface area contributed by atoms with E-state index in [-0.39, 0.29) is 0 Å². The molecule has 0 spiro atoms. The van der Waals surface area contributed by atoms with Crippen LogP contribution >= 0.6 is 0 Å². The van der Waals surface area contributed by atoms with Crippen molar-refractivity contribution < 1.29 is 0 Å². The molecule has 0 aliphatic heterocycles. The maximum Gasteiger partial charge on any atom is 0.179 e. The van der Waals surface area contributed by atoms with E-state index in [1.54, 1.807) is 0 Å². The van der Waals surface area contributed by atoms with Crippen LogP contribution in [0.3, 0.4) is 0 Å². The van der Waals surface area contributed by atoms with Gasteiger partial charge in [-0.25, -0.2) is 15.0 Å². The van der Waals surface area contributed by atoms with E-state index in [1.807, 2.05) is 13.8 Å². The Morgan fingerprint density at radius 2 is 0.879 bits per heavy atom. The number of rotatable bonds is 5. The lowest BCUT2D eigenvalue weighted by Gasteiger charge is -2.34. The second kappa shape index (κ2) is 8.92. The van der Waals surface area contributed by atoms with Gasteiger partial charge in [0.1, 0.15) is 11.6 Å². The minimum absolute atomic E-state index is 0.721. The molecule has 0 saturated carbocycles. The van der Waals surface area contributed by atoms with E-state index in [2.05, 4.69) is 130 Å². The van der Waals surface area contributed by atoms with E-state index in [0.29, 0.717) is 0 Å². The summed E-state index contributed by atoms with van der Waals surface area (Å²) in [7, 11) is -2.56. The van der Waals surface area contributed by atoms with E-state index >= 15 is 0 Å². The molecule has 1 aromatic heterocycles. The third-order valence-corrected chi connectivity index (χ3v) is 10.8. The first kappa shape index (κ1) is 21.0. The second-order valence-corrected chi connectivity index (χ2v) is 12.0. The summed E-state index contributed by atoms with van der Waals surface area (Å²) < 4.78 is 0. The zero-order chi connectivity index (χ0) is 22.7. The zero-order valence-corrected chi connectivity index (χ0v) is 19.8. The first-order valence-corrected chi connectivity index (χ1v) is 13.1. The molecular formula is C29H25N3Si. The molecule has 160 valence electrons. The maximum atomic E-state index is 4.64. The van der Waals surface area contributed by atoms with Gasteiger partial charge in [0.15, 0.2) is 13.9 Å². The number of nitrogens with zero attached hydrogens (tertiary/aromatic N) is 3. The molecule has 0 N–H and O–H groups in total. The molecule has 0 amide bonds. The molecule has 5 aromatic rings. The van der Waals surface area contributed by atoms with Crippen LogP contribution in [0.25, 0.3) is 11.4 Å². The van der Waals surface area contributed by atoms with E-state index in [9.17, 15) is 0 Å². The Kier molecular flexibility index (Phi) is 5.67. The Bertz CT molecular complexity index is 1250.